The van der Waals surface area contributed by atoms with Crippen molar-refractivity contribution >= 4 is 0 Å². The first-order chi connectivity index (χ1) is 9.18. The van der Waals surface area contributed by atoms with Crippen LogP contribution in [0.15, 0.2) is 12.5 Å². The van der Waals surface area contributed by atoms with E-state index in [1.165, 1.54) is 31.4 Å². The van der Waals surface area contributed by atoms with Crippen molar-refractivity contribution in [3.8, 4) is 0 Å². The lowest BCUT2D eigenvalue weighted by Crippen LogP contribution is -2.29. The molecule has 1 unspecified atom stereocenters. The Hall–Kier alpha value is -0.870. The standard InChI is InChI=1S/C15H25N3O/c1-14(5-7-16-10-14)13-9-17-12-18(13)11-15(3-4-15)6-8-19-2/h9,12,16H,3-8,10-11H2,1-2H3. The van der Waals surface area contributed by atoms with E-state index in [2.05, 4.69) is 28.0 Å². The molecule has 2 heterocycles. The Bertz CT molecular complexity index is 430. The number of nitrogens with one attached hydrogen (secondary N) is 1. The molecule has 2 aliphatic rings. The molecule has 1 aromatic heterocycles. The second-order valence-corrected chi connectivity index (χ2v) is 6.64. The molecule has 3 rings (SSSR count). The molecule has 1 saturated carbocycles. The largest absolute Gasteiger partial charge is 0.385 e. The summed E-state index contributed by atoms with van der Waals surface area (Å²) in [7, 11) is 1.80. The third-order valence-corrected chi connectivity index (χ3v) is 5.00. The van der Waals surface area contributed by atoms with Crippen LogP contribution in [0.3, 0.4) is 0 Å². The molecular weight excluding hydrogens is 238 g/mol. The molecule has 2 fully saturated rings. The molecule has 4 nitrogen and oxygen atoms in total. The minimum Gasteiger partial charge on any atom is -0.385 e. The Kier molecular flexibility index (Phi) is 3.39. The van der Waals surface area contributed by atoms with E-state index in [-0.39, 0.29) is 5.41 Å². The molecule has 0 amide bonds. The van der Waals surface area contributed by atoms with Crippen LogP contribution < -0.4 is 5.32 Å². The van der Waals surface area contributed by atoms with E-state index in [0.29, 0.717) is 5.41 Å². The first-order valence-electron chi connectivity index (χ1n) is 7.38. The van der Waals surface area contributed by atoms with Gasteiger partial charge in [0, 0.05) is 44.1 Å². The summed E-state index contributed by atoms with van der Waals surface area (Å²) in [6.45, 7) is 6.54. The van der Waals surface area contributed by atoms with Gasteiger partial charge in [0.1, 0.15) is 0 Å². The van der Waals surface area contributed by atoms with Crippen molar-refractivity contribution in [3.05, 3.63) is 18.2 Å². The Morgan fingerprint density at radius 2 is 2.26 bits per heavy atom. The van der Waals surface area contributed by atoms with E-state index in [9.17, 15) is 0 Å². The average molecular weight is 263 g/mol. The molecule has 1 aliphatic carbocycles. The lowest BCUT2D eigenvalue weighted by molar-refractivity contribution is 0.166. The first-order valence-corrected chi connectivity index (χ1v) is 7.38. The summed E-state index contributed by atoms with van der Waals surface area (Å²) >= 11 is 0. The number of nitrogens with zero attached hydrogens (tertiary/aromatic N) is 2. The molecule has 106 valence electrons. The summed E-state index contributed by atoms with van der Waals surface area (Å²) < 4.78 is 7.65. The molecular formula is C15H25N3O. The predicted molar refractivity (Wildman–Crippen MR) is 75.2 cm³/mol. The topological polar surface area (TPSA) is 39.1 Å². The second kappa shape index (κ2) is 4.91. The second-order valence-electron chi connectivity index (χ2n) is 6.64. The van der Waals surface area contributed by atoms with Crippen LogP contribution in [-0.2, 0) is 16.7 Å². The van der Waals surface area contributed by atoms with Gasteiger partial charge in [0.15, 0.2) is 0 Å². The zero-order chi connectivity index (χ0) is 13.3. The molecule has 0 bridgehead atoms. The van der Waals surface area contributed by atoms with Crippen molar-refractivity contribution in [1.82, 2.24) is 14.9 Å². The van der Waals surface area contributed by atoms with Crippen LogP contribution in [0, 0.1) is 5.41 Å². The van der Waals surface area contributed by atoms with Crippen molar-refractivity contribution in [3.63, 3.8) is 0 Å². The molecule has 1 saturated heterocycles. The lowest BCUT2D eigenvalue weighted by atomic mass is 9.86. The normalized spacial score (nSPS) is 28.7. The molecule has 0 aromatic carbocycles. The molecule has 0 spiro atoms. The Morgan fingerprint density at radius 3 is 2.89 bits per heavy atom. The van der Waals surface area contributed by atoms with Gasteiger partial charge in [0.2, 0.25) is 0 Å². The third kappa shape index (κ3) is 2.56. The predicted octanol–water partition coefficient (Wildman–Crippen LogP) is 1.95. The van der Waals surface area contributed by atoms with E-state index in [1.807, 2.05) is 6.33 Å². The van der Waals surface area contributed by atoms with Crippen LogP contribution in [0.1, 0.15) is 38.3 Å². The summed E-state index contributed by atoms with van der Waals surface area (Å²) in [5.74, 6) is 0. The highest BCUT2D eigenvalue weighted by Crippen LogP contribution is 2.50. The van der Waals surface area contributed by atoms with Gasteiger partial charge in [-0.2, -0.15) is 0 Å². The SMILES string of the molecule is COCCC1(Cn2cncc2C2(C)CCNC2)CC1. The highest BCUT2D eigenvalue weighted by atomic mass is 16.5. The maximum absolute atomic E-state index is 5.25. The zero-order valence-electron chi connectivity index (χ0n) is 12.1. The number of aromatic nitrogens is 2. The molecule has 0 radical (unpaired) electrons. The number of methoxy groups -OCH3 is 1. The highest BCUT2D eigenvalue weighted by molar-refractivity contribution is 5.18. The van der Waals surface area contributed by atoms with Crippen molar-refractivity contribution in [2.75, 3.05) is 26.8 Å². The minimum absolute atomic E-state index is 0.258. The van der Waals surface area contributed by atoms with Gasteiger partial charge in [-0.3, -0.25) is 0 Å². The number of hydrogen-bond acceptors (Lipinski definition) is 3. The number of imidazole rings is 1. The molecule has 4 heteroatoms. The van der Waals surface area contributed by atoms with Gasteiger partial charge in [-0.1, -0.05) is 6.92 Å². The van der Waals surface area contributed by atoms with Crippen LogP contribution in [0.2, 0.25) is 0 Å². The quantitative estimate of drug-likeness (QED) is 0.852. The Morgan fingerprint density at radius 1 is 1.42 bits per heavy atom. The fourth-order valence-electron chi connectivity index (χ4n) is 3.33. The fourth-order valence-corrected chi connectivity index (χ4v) is 3.33. The van der Waals surface area contributed by atoms with Gasteiger partial charge in [-0.25, -0.2) is 4.98 Å². The van der Waals surface area contributed by atoms with Crippen LogP contribution in [0.4, 0.5) is 0 Å². The minimum atomic E-state index is 0.258. The smallest absolute Gasteiger partial charge is 0.0948 e. The summed E-state index contributed by atoms with van der Waals surface area (Å²) in [4.78, 5) is 4.41. The fraction of sp³-hybridized carbons (Fsp3) is 0.800. The Balaban J connectivity index is 1.74. The number of rotatable bonds is 6. The van der Waals surface area contributed by atoms with Crippen molar-refractivity contribution in [1.29, 1.82) is 0 Å². The maximum Gasteiger partial charge on any atom is 0.0948 e. The van der Waals surface area contributed by atoms with E-state index in [1.54, 1.807) is 7.11 Å². The van der Waals surface area contributed by atoms with E-state index >= 15 is 0 Å². The summed E-state index contributed by atoms with van der Waals surface area (Å²) in [5.41, 5.74) is 2.14. The van der Waals surface area contributed by atoms with E-state index in [4.69, 9.17) is 4.74 Å². The third-order valence-electron chi connectivity index (χ3n) is 5.00. The monoisotopic (exact) mass is 263 g/mol. The first kappa shape index (κ1) is 13.1. The Labute approximate surface area is 115 Å². The van der Waals surface area contributed by atoms with Crippen molar-refractivity contribution in [2.45, 2.75) is 44.6 Å². The van der Waals surface area contributed by atoms with Crippen molar-refractivity contribution < 1.29 is 4.74 Å². The number of ether oxygens (including phenoxy) is 1. The summed E-state index contributed by atoms with van der Waals surface area (Å²) in [6, 6.07) is 0. The molecule has 1 N–H and O–H groups in total. The average Bonchev–Trinajstić information content (AvgIpc) is 2.80. The molecule has 1 aliphatic heterocycles. The molecule has 1 aromatic rings. The summed E-state index contributed by atoms with van der Waals surface area (Å²) in [6.07, 6.45) is 9.15. The summed E-state index contributed by atoms with van der Waals surface area (Å²) in [5, 5.41) is 3.48. The van der Waals surface area contributed by atoms with Gasteiger partial charge in [-0.05, 0) is 37.6 Å². The van der Waals surface area contributed by atoms with Gasteiger partial charge in [0.25, 0.3) is 0 Å². The zero-order valence-corrected chi connectivity index (χ0v) is 12.1. The van der Waals surface area contributed by atoms with E-state index in [0.717, 1.165) is 26.2 Å². The highest BCUT2D eigenvalue weighted by Gasteiger charge is 2.43. The van der Waals surface area contributed by atoms with E-state index < -0.39 is 0 Å². The maximum atomic E-state index is 5.25. The van der Waals surface area contributed by atoms with Crippen LogP contribution >= 0.6 is 0 Å². The van der Waals surface area contributed by atoms with Gasteiger partial charge in [0.05, 0.1) is 6.33 Å². The van der Waals surface area contributed by atoms with Gasteiger partial charge < -0.3 is 14.6 Å². The van der Waals surface area contributed by atoms with Crippen molar-refractivity contribution in [2.24, 2.45) is 5.41 Å². The van der Waals surface area contributed by atoms with Gasteiger partial charge in [-0.15, -0.1) is 0 Å². The van der Waals surface area contributed by atoms with Gasteiger partial charge >= 0.3 is 0 Å². The molecule has 1 atom stereocenters. The lowest BCUT2D eigenvalue weighted by Gasteiger charge is -2.26. The van der Waals surface area contributed by atoms with Crippen LogP contribution in [-0.4, -0.2) is 36.4 Å². The number of hydrogen-bond donors (Lipinski definition) is 1. The van der Waals surface area contributed by atoms with Crippen LogP contribution in [0.25, 0.3) is 0 Å². The van der Waals surface area contributed by atoms with Crippen LogP contribution in [0.5, 0.6) is 0 Å². The molecule has 19 heavy (non-hydrogen) atoms.